The summed E-state index contributed by atoms with van der Waals surface area (Å²) < 4.78 is 23.7. The number of hydrogen-bond acceptors (Lipinski definition) is 4. The number of sulfone groups is 1. The third kappa shape index (κ3) is 1.91. The summed E-state index contributed by atoms with van der Waals surface area (Å²) >= 11 is 0. The van der Waals surface area contributed by atoms with Crippen molar-refractivity contribution in [1.29, 1.82) is 0 Å². The van der Waals surface area contributed by atoms with Crippen molar-refractivity contribution in [2.75, 3.05) is 30.8 Å². The molecule has 0 aromatic heterocycles. The van der Waals surface area contributed by atoms with E-state index >= 15 is 0 Å². The summed E-state index contributed by atoms with van der Waals surface area (Å²) in [6, 6.07) is 7.80. The Kier molecular flexibility index (Phi) is 2.83. The Balaban J connectivity index is 2.02. The van der Waals surface area contributed by atoms with E-state index in [-0.39, 0.29) is 0 Å². The van der Waals surface area contributed by atoms with Gasteiger partial charge in [0.15, 0.2) is 9.84 Å². The normalized spacial score (nSPS) is 27.5. The molecule has 1 aromatic carbocycles. The number of fused-ring (bicyclic) bond motifs is 1. The van der Waals surface area contributed by atoms with Crippen LogP contribution >= 0.6 is 0 Å². The summed E-state index contributed by atoms with van der Waals surface area (Å²) in [7, 11) is -3.16. The van der Waals surface area contributed by atoms with E-state index in [0.717, 1.165) is 31.7 Å². The SMILES string of the molecule is CS(=O)(=O)c1ccccc1N1CC[C@H]2CNC[C@H]21. The van der Waals surface area contributed by atoms with E-state index in [9.17, 15) is 8.42 Å². The molecule has 0 radical (unpaired) electrons. The molecule has 1 aromatic rings. The zero-order valence-corrected chi connectivity index (χ0v) is 11.3. The topological polar surface area (TPSA) is 49.4 Å². The predicted octanol–water partition coefficient (Wildman–Crippen LogP) is 0.888. The molecular weight excluding hydrogens is 248 g/mol. The van der Waals surface area contributed by atoms with Gasteiger partial charge in [0, 0.05) is 31.9 Å². The van der Waals surface area contributed by atoms with Gasteiger partial charge >= 0.3 is 0 Å². The number of para-hydroxylation sites is 1. The van der Waals surface area contributed by atoms with Gasteiger partial charge in [-0.2, -0.15) is 0 Å². The molecule has 0 amide bonds. The fraction of sp³-hybridized carbons (Fsp3) is 0.538. The molecule has 2 fully saturated rings. The van der Waals surface area contributed by atoms with Crippen LogP contribution in [0, 0.1) is 5.92 Å². The molecule has 1 N–H and O–H groups in total. The maximum atomic E-state index is 11.9. The molecule has 0 saturated carbocycles. The summed E-state index contributed by atoms with van der Waals surface area (Å²) in [5.74, 6) is 0.664. The average Bonchev–Trinajstić information content (AvgIpc) is 2.89. The zero-order valence-electron chi connectivity index (χ0n) is 10.5. The predicted molar refractivity (Wildman–Crippen MR) is 71.7 cm³/mol. The highest BCUT2D eigenvalue weighted by molar-refractivity contribution is 7.90. The van der Waals surface area contributed by atoms with Crippen LogP contribution in [-0.4, -0.2) is 40.3 Å². The molecule has 0 spiro atoms. The Morgan fingerprint density at radius 3 is 2.83 bits per heavy atom. The van der Waals surface area contributed by atoms with Crippen molar-refractivity contribution >= 4 is 15.5 Å². The van der Waals surface area contributed by atoms with Crippen molar-refractivity contribution in [3.05, 3.63) is 24.3 Å². The summed E-state index contributed by atoms with van der Waals surface area (Å²) in [6.45, 7) is 2.98. The zero-order chi connectivity index (χ0) is 12.8. The molecule has 98 valence electrons. The Morgan fingerprint density at radius 1 is 1.28 bits per heavy atom. The largest absolute Gasteiger partial charge is 0.366 e. The summed E-state index contributed by atoms with van der Waals surface area (Å²) in [5, 5.41) is 3.39. The molecule has 4 nitrogen and oxygen atoms in total. The van der Waals surface area contributed by atoms with Crippen LogP contribution in [0.15, 0.2) is 29.2 Å². The number of rotatable bonds is 2. The van der Waals surface area contributed by atoms with Crippen LogP contribution in [0.25, 0.3) is 0 Å². The van der Waals surface area contributed by atoms with Gasteiger partial charge in [0.2, 0.25) is 0 Å². The van der Waals surface area contributed by atoms with Crippen molar-refractivity contribution in [3.63, 3.8) is 0 Å². The quantitative estimate of drug-likeness (QED) is 0.863. The highest BCUT2D eigenvalue weighted by Crippen LogP contribution is 2.35. The van der Waals surface area contributed by atoms with Crippen LogP contribution in [-0.2, 0) is 9.84 Å². The van der Waals surface area contributed by atoms with E-state index in [4.69, 9.17) is 0 Å². The monoisotopic (exact) mass is 266 g/mol. The lowest BCUT2D eigenvalue weighted by molar-refractivity contribution is 0.576. The average molecular weight is 266 g/mol. The van der Waals surface area contributed by atoms with Gasteiger partial charge in [-0.1, -0.05) is 12.1 Å². The third-order valence-electron chi connectivity index (χ3n) is 4.02. The molecule has 5 heteroatoms. The molecule has 0 unspecified atom stereocenters. The lowest BCUT2D eigenvalue weighted by Gasteiger charge is -2.27. The first-order chi connectivity index (χ1) is 8.57. The Morgan fingerprint density at radius 2 is 2.06 bits per heavy atom. The molecule has 18 heavy (non-hydrogen) atoms. The van der Waals surface area contributed by atoms with Crippen LogP contribution in [0.2, 0.25) is 0 Å². The van der Waals surface area contributed by atoms with Crippen molar-refractivity contribution in [3.8, 4) is 0 Å². The van der Waals surface area contributed by atoms with Gasteiger partial charge in [0.1, 0.15) is 0 Å². The van der Waals surface area contributed by atoms with Crippen LogP contribution in [0.3, 0.4) is 0 Å². The second-order valence-corrected chi connectivity index (χ2v) is 7.19. The molecule has 0 bridgehead atoms. The molecule has 0 aliphatic carbocycles. The first-order valence-electron chi connectivity index (χ1n) is 6.34. The first-order valence-corrected chi connectivity index (χ1v) is 8.23. The van der Waals surface area contributed by atoms with E-state index in [1.54, 1.807) is 12.1 Å². The van der Waals surface area contributed by atoms with Crippen molar-refractivity contribution in [2.45, 2.75) is 17.4 Å². The van der Waals surface area contributed by atoms with Gasteiger partial charge in [-0.3, -0.25) is 0 Å². The van der Waals surface area contributed by atoms with Gasteiger partial charge in [-0.05, 0) is 24.5 Å². The standard InChI is InChI=1S/C13H18N2O2S/c1-18(16,17)13-5-3-2-4-11(13)15-7-6-10-8-14-9-12(10)15/h2-5,10,12,14H,6-9H2,1H3/t10-,12+/m0/s1. The van der Waals surface area contributed by atoms with Gasteiger partial charge in [0.25, 0.3) is 0 Å². The summed E-state index contributed by atoms with van der Waals surface area (Å²) in [5.41, 5.74) is 0.871. The fourth-order valence-electron chi connectivity index (χ4n) is 3.16. The molecular formula is C13H18N2O2S. The summed E-state index contributed by atoms with van der Waals surface area (Å²) in [4.78, 5) is 2.72. The minimum Gasteiger partial charge on any atom is -0.366 e. The molecule has 2 atom stereocenters. The second-order valence-electron chi connectivity index (χ2n) is 5.21. The van der Waals surface area contributed by atoms with Crippen LogP contribution in [0.4, 0.5) is 5.69 Å². The van der Waals surface area contributed by atoms with Crippen molar-refractivity contribution in [1.82, 2.24) is 5.32 Å². The first kappa shape index (κ1) is 12.0. The van der Waals surface area contributed by atoms with E-state index < -0.39 is 9.84 Å². The van der Waals surface area contributed by atoms with E-state index in [1.807, 2.05) is 12.1 Å². The lowest BCUT2D eigenvalue weighted by atomic mass is 10.1. The Labute approximate surface area is 108 Å². The number of hydrogen-bond donors (Lipinski definition) is 1. The van der Waals surface area contributed by atoms with Crippen LogP contribution < -0.4 is 10.2 Å². The lowest BCUT2D eigenvalue weighted by Crippen LogP contribution is -2.34. The van der Waals surface area contributed by atoms with E-state index in [1.165, 1.54) is 6.26 Å². The molecule has 2 saturated heterocycles. The highest BCUT2D eigenvalue weighted by atomic mass is 32.2. The second kappa shape index (κ2) is 4.24. The van der Waals surface area contributed by atoms with Gasteiger partial charge in [-0.25, -0.2) is 8.42 Å². The van der Waals surface area contributed by atoms with Crippen LogP contribution in [0.1, 0.15) is 6.42 Å². The maximum Gasteiger partial charge on any atom is 0.177 e. The summed E-state index contributed by atoms with van der Waals surface area (Å²) in [6.07, 6.45) is 2.43. The minimum absolute atomic E-state index is 0.452. The van der Waals surface area contributed by atoms with Crippen molar-refractivity contribution < 1.29 is 8.42 Å². The molecule has 2 aliphatic rings. The number of anilines is 1. The smallest absolute Gasteiger partial charge is 0.177 e. The molecule has 2 heterocycles. The Hall–Kier alpha value is -1.07. The number of benzene rings is 1. The minimum atomic E-state index is -3.16. The van der Waals surface area contributed by atoms with E-state index in [2.05, 4.69) is 10.2 Å². The highest BCUT2D eigenvalue weighted by Gasteiger charge is 2.38. The van der Waals surface area contributed by atoms with E-state index in [0.29, 0.717) is 16.9 Å². The van der Waals surface area contributed by atoms with Gasteiger partial charge in [-0.15, -0.1) is 0 Å². The van der Waals surface area contributed by atoms with Gasteiger partial charge in [0.05, 0.1) is 10.6 Å². The molecule has 2 aliphatic heterocycles. The maximum absolute atomic E-state index is 11.9. The Bertz CT molecular complexity index is 556. The molecule has 3 rings (SSSR count). The third-order valence-corrected chi connectivity index (χ3v) is 5.16. The van der Waals surface area contributed by atoms with Gasteiger partial charge < -0.3 is 10.2 Å². The fourth-order valence-corrected chi connectivity index (χ4v) is 4.05. The number of nitrogens with zero attached hydrogens (tertiary/aromatic N) is 1. The number of nitrogens with one attached hydrogen (secondary N) is 1. The van der Waals surface area contributed by atoms with Crippen LogP contribution in [0.5, 0.6) is 0 Å². The van der Waals surface area contributed by atoms with Crippen molar-refractivity contribution in [2.24, 2.45) is 5.92 Å².